The number of hydrogen-bond acceptors (Lipinski definition) is 5. The molecule has 0 aliphatic carbocycles. The Kier molecular flexibility index (Phi) is 3.95. The molecule has 2 unspecified atom stereocenters. The highest BCUT2D eigenvalue weighted by Gasteiger charge is 2.37. The average molecular weight is 278 g/mol. The van der Waals surface area contributed by atoms with Gasteiger partial charge in [0.05, 0.1) is 0 Å². The molecule has 1 aromatic heterocycles. The molecule has 110 valence electrons. The molecule has 3 rings (SSSR count). The summed E-state index contributed by atoms with van der Waals surface area (Å²) in [7, 11) is 0. The Morgan fingerprint density at radius 3 is 3.10 bits per heavy atom. The number of amides is 1. The van der Waals surface area contributed by atoms with E-state index in [9.17, 15) is 4.79 Å². The molecule has 2 aliphatic rings. The van der Waals surface area contributed by atoms with E-state index in [-0.39, 0.29) is 5.91 Å². The van der Waals surface area contributed by atoms with E-state index in [1.165, 1.54) is 19.4 Å². The summed E-state index contributed by atoms with van der Waals surface area (Å²) in [5, 5.41) is 13.7. The monoisotopic (exact) mass is 278 g/mol. The number of rotatable bonds is 4. The number of tetrazole rings is 1. The number of H-pyrrole nitrogens is 1. The minimum atomic E-state index is 0.230. The molecule has 1 aromatic rings. The molecule has 2 saturated heterocycles. The van der Waals surface area contributed by atoms with E-state index in [1.54, 1.807) is 0 Å². The molecule has 0 spiro atoms. The van der Waals surface area contributed by atoms with Gasteiger partial charge in [0, 0.05) is 38.0 Å². The van der Waals surface area contributed by atoms with Crippen LogP contribution < -0.4 is 0 Å². The number of nitrogens with zero attached hydrogens (tertiary/aromatic N) is 5. The van der Waals surface area contributed by atoms with Gasteiger partial charge in [-0.2, -0.15) is 5.21 Å². The molecule has 2 atom stereocenters. The largest absolute Gasteiger partial charge is 0.337 e. The summed E-state index contributed by atoms with van der Waals surface area (Å²) >= 11 is 0. The van der Waals surface area contributed by atoms with Crippen LogP contribution >= 0.6 is 0 Å². The lowest BCUT2D eigenvalue weighted by Gasteiger charge is -2.43. The van der Waals surface area contributed by atoms with Gasteiger partial charge in [-0.3, -0.25) is 9.69 Å². The maximum Gasteiger partial charge on any atom is 0.223 e. The number of hydrogen-bond donors (Lipinski definition) is 1. The van der Waals surface area contributed by atoms with Crippen molar-refractivity contribution >= 4 is 5.91 Å². The Bertz CT molecular complexity index is 448. The molecule has 1 N–H and O–H groups in total. The highest BCUT2D eigenvalue weighted by Crippen LogP contribution is 2.26. The zero-order chi connectivity index (χ0) is 13.9. The van der Waals surface area contributed by atoms with Gasteiger partial charge in [-0.15, -0.1) is 10.2 Å². The van der Waals surface area contributed by atoms with Crippen LogP contribution in [-0.2, 0) is 11.2 Å². The lowest BCUT2D eigenvalue weighted by molar-refractivity contribution is -0.137. The van der Waals surface area contributed by atoms with Crippen molar-refractivity contribution in [3.05, 3.63) is 5.82 Å². The molecule has 0 radical (unpaired) electrons. The van der Waals surface area contributed by atoms with Crippen molar-refractivity contribution in [3.63, 3.8) is 0 Å². The molecule has 0 aromatic carbocycles. The molecule has 1 amide bonds. The van der Waals surface area contributed by atoms with Crippen LogP contribution in [0.2, 0.25) is 0 Å². The van der Waals surface area contributed by atoms with Crippen LogP contribution in [0.25, 0.3) is 0 Å². The van der Waals surface area contributed by atoms with Crippen molar-refractivity contribution in [2.45, 2.75) is 51.1 Å². The summed E-state index contributed by atoms with van der Waals surface area (Å²) in [5.74, 6) is 0.846. The van der Waals surface area contributed by atoms with Gasteiger partial charge in [0.15, 0.2) is 5.82 Å². The molecule has 3 heterocycles. The predicted octanol–water partition coefficient (Wildman–Crippen LogP) is 0.218. The minimum Gasteiger partial charge on any atom is -0.337 e. The molecule has 2 fully saturated rings. The first kappa shape index (κ1) is 13.5. The fourth-order valence-electron chi connectivity index (χ4n) is 3.39. The topological polar surface area (TPSA) is 78.0 Å². The number of aromatic nitrogens is 4. The molecule has 20 heavy (non-hydrogen) atoms. The van der Waals surface area contributed by atoms with Crippen molar-refractivity contribution in [1.82, 2.24) is 30.4 Å². The summed E-state index contributed by atoms with van der Waals surface area (Å²) in [6.07, 6.45) is 4.56. The van der Waals surface area contributed by atoms with Crippen molar-refractivity contribution < 1.29 is 4.79 Å². The summed E-state index contributed by atoms with van der Waals surface area (Å²) in [4.78, 5) is 17.1. The van der Waals surface area contributed by atoms with E-state index >= 15 is 0 Å². The van der Waals surface area contributed by atoms with Gasteiger partial charge >= 0.3 is 0 Å². The first-order valence-electron chi connectivity index (χ1n) is 7.53. The fraction of sp³-hybridized carbons (Fsp3) is 0.846. The number of piperazine rings is 1. The standard InChI is InChI=1S/C13H22N6O/c1-2-10-8-18-7-3-4-11(18)9-19(10)13(20)6-5-12-14-16-17-15-12/h10-11H,2-9H2,1H3,(H,14,15,16,17). The van der Waals surface area contributed by atoms with Crippen LogP contribution in [0.1, 0.15) is 38.4 Å². The minimum absolute atomic E-state index is 0.230. The molecule has 7 heteroatoms. The smallest absolute Gasteiger partial charge is 0.223 e. The Morgan fingerprint density at radius 1 is 1.45 bits per heavy atom. The van der Waals surface area contributed by atoms with Gasteiger partial charge < -0.3 is 4.90 Å². The van der Waals surface area contributed by atoms with Crippen LogP contribution in [0.5, 0.6) is 0 Å². The van der Waals surface area contributed by atoms with Crippen LogP contribution in [0.3, 0.4) is 0 Å². The molecule has 2 aliphatic heterocycles. The second-order valence-corrected chi connectivity index (χ2v) is 5.73. The highest BCUT2D eigenvalue weighted by molar-refractivity contribution is 5.77. The molecule has 0 saturated carbocycles. The highest BCUT2D eigenvalue weighted by atomic mass is 16.2. The van der Waals surface area contributed by atoms with Crippen molar-refractivity contribution in [2.75, 3.05) is 19.6 Å². The first-order valence-corrected chi connectivity index (χ1v) is 7.53. The van der Waals surface area contributed by atoms with E-state index in [0.29, 0.717) is 30.7 Å². The van der Waals surface area contributed by atoms with Gasteiger partial charge in [-0.25, -0.2) is 0 Å². The third kappa shape index (κ3) is 2.67. The van der Waals surface area contributed by atoms with Crippen LogP contribution in [0.4, 0.5) is 0 Å². The number of aromatic amines is 1. The van der Waals surface area contributed by atoms with Crippen molar-refractivity contribution in [2.24, 2.45) is 0 Å². The SMILES string of the molecule is CCC1CN2CCCC2CN1C(=O)CCc1nn[nH]n1. The lowest BCUT2D eigenvalue weighted by atomic mass is 10.0. The van der Waals surface area contributed by atoms with Crippen molar-refractivity contribution in [3.8, 4) is 0 Å². The number of carbonyl (C=O) groups is 1. The van der Waals surface area contributed by atoms with Gasteiger partial charge in [0.2, 0.25) is 5.91 Å². The van der Waals surface area contributed by atoms with Crippen LogP contribution in [0, 0.1) is 0 Å². The number of fused-ring (bicyclic) bond motifs is 1. The Morgan fingerprint density at radius 2 is 2.35 bits per heavy atom. The van der Waals surface area contributed by atoms with Gasteiger partial charge in [0.25, 0.3) is 0 Å². The molecular formula is C13H22N6O. The second-order valence-electron chi connectivity index (χ2n) is 5.73. The third-order valence-corrected chi connectivity index (χ3v) is 4.54. The number of carbonyl (C=O) groups excluding carboxylic acids is 1. The summed E-state index contributed by atoms with van der Waals surface area (Å²) < 4.78 is 0. The molecular weight excluding hydrogens is 256 g/mol. The Hall–Kier alpha value is -1.50. The number of nitrogens with one attached hydrogen (secondary N) is 1. The first-order chi connectivity index (χ1) is 9.78. The fourth-order valence-corrected chi connectivity index (χ4v) is 3.39. The van der Waals surface area contributed by atoms with E-state index in [4.69, 9.17) is 0 Å². The van der Waals surface area contributed by atoms with Crippen LogP contribution in [-0.4, -0.2) is 68.0 Å². The van der Waals surface area contributed by atoms with Gasteiger partial charge in [-0.1, -0.05) is 12.1 Å². The average Bonchev–Trinajstić information content (AvgIpc) is 3.13. The Labute approximate surface area is 118 Å². The number of aryl methyl sites for hydroxylation is 1. The third-order valence-electron chi connectivity index (χ3n) is 4.54. The molecule has 7 nitrogen and oxygen atoms in total. The summed E-state index contributed by atoms with van der Waals surface area (Å²) in [6.45, 7) is 5.30. The van der Waals surface area contributed by atoms with Crippen molar-refractivity contribution in [1.29, 1.82) is 0 Å². The van der Waals surface area contributed by atoms with E-state index < -0.39 is 0 Å². The quantitative estimate of drug-likeness (QED) is 0.852. The van der Waals surface area contributed by atoms with Gasteiger partial charge in [0.1, 0.15) is 0 Å². The normalized spacial score (nSPS) is 26.8. The lowest BCUT2D eigenvalue weighted by Crippen LogP contribution is -2.57. The zero-order valence-corrected chi connectivity index (χ0v) is 12.0. The maximum absolute atomic E-state index is 12.5. The predicted molar refractivity (Wildman–Crippen MR) is 72.9 cm³/mol. The van der Waals surface area contributed by atoms with E-state index in [1.807, 2.05) is 0 Å². The van der Waals surface area contributed by atoms with Gasteiger partial charge in [-0.05, 0) is 25.8 Å². The summed E-state index contributed by atoms with van der Waals surface area (Å²) in [6, 6.07) is 0.939. The van der Waals surface area contributed by atoms with Crippen LogP contribution in [0.15, 0.2) is 0 Å². The Balaban J connectivity index is 1.60. The maximum atomic E-state index is 12.5. The van der Waals surface area contributed by atoms with E-state index in [2.05, 4.69) is 37.3 Å². The molecule has 0 bridgehead atoms. The zero-order valence-electron chi connectivity index (χ0n) is 12.0. The van der Waals surface area contributed by atoms with E-state index in [0.717, 1.165) is 19.5 Å². The second kappa shape index (κ2) is 5.87. The summed E-state index contributed by atoms with van der Waals surface area (Å²) in [5.41, 5.74) is 0.